The fraction of sp³-hybridized carbons (Fsp3) is 0.300. The van der Waals surface area contributed by atoms with Crippen molar-refractivity contribution in [3.8, 4) is 5.75 Å². The molecule has 1 amide bonds. The van der Waals surface area contributed by atoms with Crippen LogP contribution < -0.4 is 10.1 Å². The Labute approximate surface area is 207 Å². The van der Waals surface area contributed by atoms with Crippen molar-refractivity contribution in [2.45, 2.75) is 32.5 Å². The van der Waals surface area contributed by atoms with Crippen molar-refractivity contribution in [1.82, 2.24) is 14.8 Å². The fourth-order valence-electron chi connectivity index (χ4n) is 5.05. The summed E-state index contributed by atoms with van der Waals surface area (Å²) in [5, 5.41) is 4.40. The minimum atomic E-state index is 0.0760. The number of para-hydroxylation sites is 1. The highest BCUT2D eigenvalue weighted by molar-refractivity contribution is 5.81. The number of fused-ring (bicyclic) bond motifs is 1. The van der Waals surface area contributed by atoms with Gasteiger partial charge in [0.1, 0.15) is 5.75 Å². The van der Waals surface area contributed by atoms with Crippen LogP contribution in [0.1, 0.15) is 29.7 Å². The fourth-order valence-corrected chi connectivity index (χ4v) is 5.05. The van der Waals surface area contributed by atoms with Gasteiger partial charge in [-0.25, -0.2) is 0 Å². The van der Waals surface area contributed by atoms with Crippen LogP contribution >= 0.6 is 0 Å². The number of aromatic nitrogens is 1. The molecule has 0 saturated carbocycles. The van der Waals surface area contributed by atoms with Gasteiger partial charge in [0.05, 0.1) is 7.11 Å². The predicted octanol–water partition coefficient (Wildman–Crippen LogP) is 5.23. The minimum Gasteiger partial charge on any atom is -0.497 e. The maximum absolute atomic E-state index is 12.8. The molecule has 0 bridgehead atoms. The van der Waals surface area contributed by atoms with Crippen LogP contribution in [0.4, 0.5) is 0 Å². The number of nitrogens with zero attached hydrogens (tertiary/aromatic N) is 2. The van der Waals surface area contributed by atoms with Crippen molar-refractivity contribution < 1.29 is 9.53 Å². The van der Waals surface area contributed by atoms with Gasteiger partial charge in [-0.05, 0) is 66.7 Å². The Kier molecular flexibility index (Phi) is 7.15. The number of benzene rings is 3. The summed E-state index contributed by atoms with van der Waals surface area (Å²) in [6.07, 6.45) is 1.78. The third kappa shape index (κ3) is 5.57. The maximum atomic E-state index is 12.8. The van der Waals surface area contributed by atoms with Crippen molar-refractivity contribution in [3.05, 3.63) is 102 Å². The standard InChI is InChI=1S/C30H33N3O2/c1-35-28-12-7-10-24(18-28)20-31-30(34)25-14-16-32(17-15-25)22-27-19-26-11-5-6-13-29(26)33(27)21-23-8-3-2-4-9-23/h2-13,18-19,25H,14-17,20-22H2,1H3,(H,31,34). The topological polar surface area (TPSA) is 46.5 Å². The monoisotopic (exact) mass is 467 g/mol. The van der Waals surface area contributed by atoms with E-state index in [4.69, 9.17) is 4.74 Å². The molecule has 1 N–H and O–H groups in total. The molecule has 0 spiro atoms. The third-order valence-corrected chi connectivity index (χ3v) is 7.02. The quantitative estimate of drug-likeness (QED) is 0.386. The zero-order chi connectivity index (χ0) is 24.0. The summed E-state index contributed by atoms with van der Waals surface area (Å²) >= 11 is 0. The van der Waals surface area contributed by atoms with Gasteiger partial charge >= 0.3 is 0 Å². The summed E-state index contributed by atoms with van der Waals surface area (Å²) in [6, 6.07) is 29.4. The molecule has 1 fully saturated rings. The van der Waals surface area contributed by atoms with E-state index in [2.05, 4.69) is 75.4 Å². The lowest BCUT2D eigenvalue weighted by molar-refractivity contribution is -0.126. The largest absolute Gasteiger partial charge is 0.497 e. The van der Waals surface area contributed by atoms with Gasteiger partial charge in [-0.3, -0.25) is 9.69 Å². The van der Waals surface area contributed by atoms with Crippen LogP contribution in [-0.4, -0.2) is 35.6 Å². The molecule has 4 aromatic rings. The lowest BCUT2D eigenvalue weighted by atomic mass is 9.95. The molecule has 0 unspecified atom stereocenters. The van der Waals surface area contributed by atoms with E-state index in [-0.39, 0.29) is 11.8 Å². The average molecular weight is 468 g/mol. The highest BCUT2D eigenvalue weighted by Crippen LogP contribution is 2.25. The first-order valence-corrected chi connectivity index (χ1v) is 12.4. The van der Waals surface area contributed by atoms with Crippen LogP contribution in [0.5, 0.6) is 5.75 Å². The number of likely N-dealkylation sites (tertiary alicyclic amines) is 1. The van der Waals surface area contributed by atoms with Crippen LogP contribution in [0.25, 0.3) is 10.9 Å². The van der Waals surface area contributed by atoms with E-state index in [0.29, 0.717) is 6.54 Å². The van der Waals surface area contributed by atoms with Gasteiger partial charge in [-0.15, -0.1) is 0 Å². The van der Waals surface area contributed by atoms with E-state index in [1.54, 1.807) is 7.11 Å². The van der Waals surface area contributed by atoms with Gasteiger partial charge in [0.15, 0.2) is 0 Å². The number of ether oxygens (including phenoxy) is 1. The molecule has 2 heterocycles. The Morgan fingerprint density at radius 3 is 2.43 bits per heavy atom. The molecule has 0 aliphatic carbocycles. The van der Waals surface area contributed by atoms with E-state index in [1.165, 1.54) is 22.2 Å². The van der Waals surface area contributed by atoms with E-state index in [1.807, 2.05) is 24.3 Å². The molecule has 1 saturated heterocycles. The van der Waals surface area contributed by atoms with Gasteiger partial charge in [-0.1, -0.05) is 60.7 Å². The van der Waals surface area contributed by atoms with Crippen molar-refractivity contribution in [2.75, 3.05) is 20.2 Å². The molecular weight excluding hydrogens is 434 g/mol. The molecule has 5 rings (SSSR count). The van der Waals surface area contributed by atoms with E-state index in [9.17, 15) is 4.79 Å². The van der Waals surface area contributed by atoms with E-state index >= 15 is 0 Å². The molecule has 1 aliphatic rings. The Balaban J connectivity index is 1.20. The predicted molar refractivity (Wildman–Crippen MR) is 140 cm³/mol. The summed E-state index contributed by atoms with van der Waals surface area (Å²) in [4.78, 5) is 15.3. The molecule has 3 aromatic carbocycles. The van der Waals surface area contributed by atoms with E-state index < -0.39 is 0 Å². The molecule has 5 heteroatoms. The molecule has 5 nitrogen and oxygen atoms in total. The summed E-state index contributed by atoms with van der Waals surface area (Å²) in [6.45, 7) is 4.18. The van der Waals surface area contributed by atoms with Crippen LogP contribution in [0.15, 0.2) is 84.9 Å². The zero-order valence-electron chi connectivity index (χ0n) is 20.3. The zero-order valence-corrected chi connectivity index (χ0v) is 20.3. The Hall–Kier alpha value is -3.57. The van der Waals surface area contributed by atoms with Crippen molar-refractivity contribution in [3.63, 3.8) is 0 Å². The molecule has 1 aliphatic heterocycles. The minimum absolute atomic E-state index is 0.0760. The molecular formula is C30H33N3O2. The average Bonchev–Trinajstić information content (AvgIpc) is 3.25. The van der Waals surface area contributed by atoms with Crippen molar-refractivity contribution in [1.29, 1.82) is 0 Å². The summed E-state index contributed by atoms with van der Waals surface area (Å²) < 4.78 is 7.72. The summed E-state index contributed by atoms with van der Waals surface area (Å²) in [7, 11) is 1.66. The lowest BCUT2D eigenvalue weighted by Crippen LogP contribution is -2.40. The second-order valence-electron chi connectivity index (χ2n) is 9.39. The molecule has 1 aromatic heterocycles. The van der Waals surface area contributed by atoms with Crippen molar-refractivity contribution in [2.24, 2.45) is 5.92 Å². The van der Waals surface area contributed by atoms with Gasteiger partial charge in [0.2, 0.25) is 5.91 Å². The van der Waals surface area contributed by atoms with Crippen LogP contribution in [-0.2, 0) is 24.4 Å². The first-order valence-electron chi connectivity index (χ1n) is 12.4. The normalized spacial score (nSPS) is 14.8. The number of methoxy groups -OCH3 is 1. The number of hydrogen-bond acceptors (Lipinski definition) is 3. The van der Waals surface area contributed by atoms with Gasteiger partial charge in [0, 0.05) is 36.8 Å². The number of rotatable bonds is 8. The first-order chi connectivity index (χ1) is 17.2. The Morgan fingerprint density at radius 1 is 0.886 bits per heavy atom. The number of hydrogen-bond donors (Lipinski definition) is 1. The third-order valence-electron chi connectivity index (χ3n) is 7.02. The van der Waals surface area contributed by atoms with Crippen molar-refractivity contribution >= 4 is 16.8 Å². The number of nitrogens with one attached hydrogen (secondary N) is 1. The smallest absolute Gasteiger partial charge is 0.223 e. The summed E-state index contributed by atoms with van der Waals surface area (Å²) in [5.41, 5.74) is 4.97. The highest BCUT2D eigenvalue weighted by atomic mass is 16.5. The molecule has 0 atom stereocenters. The summed E-state index contributed by atoms with van der Waals surface area (Å²) in [5.74, 6) is 1.05. The maximum Gasteiger partial charge on any atom is 0.223 e. The second-order valence-corrected chi connectivity index (χ2v) is 9.39. The Bertz CT molecular complexity index is 1270. The number of carbonyl (C=O) groups excluding carboxylic acids is 1. The van der Waals surface area contributed by atoms with Gasteiger partial charge in [0.25, 0.3) is 0 Å². The second kappa shape index (κ2) is 10.8. The number of carbonyl (C=O) groups is 1. The lowest BCUT2D eigenvalue weighted by Gasteiger charge is -2.31. The highest BCUT2D eigenvalue weighted by Gasteiger charge is 2.25. The Morgan fingerprint density at radius 2 is 1.63 bits per heavy atom. The molecule has 35 heavy (non-hydrogen) atoms. The van der Waals surface area contributed by atoms with Gasteiger partial charge in [-0.2, -0.15) is 0 Å². The van der Waals surface area contributed by atoms with Crippen LogP contribution in [0.3, 0.4) is 0 Å². The van der Waals surface area contributed by atoms with Gasteiger partial charge < -0.3 is 14.6 Å². The molecule has 180 valence electrons. The van der Waals surface area contributed by atoms with E-state index in [0.717, 1.165) is 50.3 Å². The molecule has 0 radical (unpaired) electrons. The number of piperidine rings is 1. The van der Waals surface area contributed by atoms with Crippen LogP contribution in [0, 0.1) is 5.92 Å². The van der Waals surface area contributed by atoms with Crippen LogP contribution in [0.2, 0.25) is 0 Å². The first kappa shape index (κ1) is 23.2. The SMILES string of the molecule is COc1cccc(CNC(=O)C2CCN(Cc3cc4ccccc4n3Cc3ccccc3)CC2)c1. The number of amides is 1.